The Bertz CT molecular complexity index is 1790. The molecule has 1 atom stereocenters. The summed E-state index contributed by atoms with van der Waals surface area (Å²) < 4.78 is 23.7. The molecule has 6 rings (SSSR count). The van der Waals surface area contributed by atoms with E-state index in [1.165, 1.54) is 6.07 Å². The first-order valence-electron chi connectivity index (χ1n) is 13.8. The lowest BCUT2D eigenvalue weighted by Crippen LogP contribution is -2.52. The Kier molecular flexibility index (Phi) is 7.96. The molecular weight excluding hydrogens is 575 g/mol. The number of aromatic carboxylic acids is 1. The molecule has 13 heteroatoms. The van der Waals surface area contributed by atoms with Gasteiger partial charge in [0.1, 0.15) is 24.1 Å². The minimum atomic E-state index is -0.983. The number of rotatable bonds is 9. The lowest BCUT2D eigenvalue weighted by Gasteiger charge is -2.40. The Morgan fingerprint density at radius 1 is 1.12 bits per heavy atom. The molecule has 0 spiro atoms. The van der Waals surface area contributed by atoms with Crippen molar-refractivity contribution in [2.24, 2.45) is 7.05 Å². The molecule has 0 aliphatic carbocycles. The van der Waals surface area contributed by atoms with Gasteiger partial charge in [0, 0.05) is 49.4 Å². The fourth-order valence-electron chi connectivity index (χ4n) is 5.29. The zero-order valence-electron chi connectivity index (χ0n) is 23.7. The molecule has 0 unspecified atom stereocenters. The van der Waals surface area contributed by atoms with Gasteiger partial charge in [0.15, 0.2) is 0 Å². The maximum absolute atomic E-state index is 14.2. The largest absolute Gasteiger partial charge is 0.478 e. The number of benzene rings is 2. The van der Waals surface area contributed by atoms with Crippen molar-refractivity contribution in [2.45, 2.75) is 32.7 Å². The quantitative estimate of drug-likeness (QED) is 0.262. The van der Waals surface area contributed by atoms with E-state index in [4.69, 9.17) is 21.3 Å². The minimum Gasteiger partial charge on any atom is -0.478 e. The van der Waals surface area contributed by atoms with Gasteiger partial charge in [-0.25, -0.2) is 14.2 Å². The molecule has 1 fully saturated rings. The maximum atomic E-state index is 14.2. The molecule has 222 valence electrons. The van der Waals surface area contributed by atoms with Gasteiger partial charge in [0.25, 0.3) is 0 Å². The van der Waals surface area contributed by atoms with Crippen LogP contribution in [0, 0.1) is 5.82 Å². The number of pyridine rings is 1. The highest BCUT2D eigenvalue weighted by Crippen LogP contribution is 2.25. The first-order chi connectivity index (χ1) is 20.7. The summed E-state index contributed by atoms with van der Waals surface area (Å²) in [5, 5.41) is 18.0. The molecule has 2 aromatic carbocycles. The first-order valence-corrected chi connectivity index (χ1v) is 14.2. The van der Waals surface area contributed by atoms with Crippen molar-refractivity contribution in [1.82, 2.24) is 34.4 Å². The Balaban J connectivity index is 1.17. The summed E-state index contributed by atoms with van der Waals surface area (Å²) in [6.45, 7) is 5.49. The predicted octanol–water partition coefficient (Wildman–Crippen LogP) is 4.39. The SMILES string of the molecule is C[C@H]1CN(c2cccc(OCc3ccc(Cl)cc3F)n2)CCN1Cc1nc2ccc(C(=O)O)cc2n1Cc1cnnn1C. The number of aryl methyl sites for hydroxylation is 1. The number of anilines is 1. The maximum Gasteiger partial charge on any atom is 0.335 e. The van der Waals surface area contributed by atoms with Crippen LogP contribution in [0.5, 0.6) is 5.88 Å². The summed E-state index contributed by atoms with van der Waals surface area (Å²) in [7, 11) is 1.83. The molecule has 4 heterocycles. The number of carbonyl (C=O) groups is 1. The van der Waals surface area contributed by atoms with E-state index in [9.17, 15) is 14.3 Å². The number of hydrogen-bond donors (Lipinski definition) is 1. The molecule has 43 heavy (non-hydrogen) atoms. The molecule has 11 nitrogen and oxygen atoms in total. The summed E-state index contributed by atoms with van der Waals surface area (Å²) in [5.74, 6) is 0.644. The van der Waals surface area contributed by atoms with Crippen LogP contribution in [-0.4, -0.2) is 71.2 Å². The third-order valence-electron chi connectivity index (χ3n) is 7.74. The number of fused-ring (bicyclic) bond motifs is 1. The van der Waals surface area contributed by atoms with E-state index in [0.29, 0.717) is 29.6 Å². The van der Waals surface area contributed by atoms with E-state index in [-0.39, 0.29) is 18.2 Å². The van der Waals surface area contributed by atoms with E-state index in [1.54, 1.807) is 47.3 Å². The van der Waals surface area contributed by atoms with Gasteiger partial charge in [0.05, 0.1) is 41.6 Å². The van der Waals surface area contributed by atoms with Crippen molar-refractivity contribution < 1.29 is 19.0 Å². The predicted molar refractivity (Wildman–Crippen MR) is 159 cm³/mol. The van der Waals surface area contributed by atoms with Crippen LogP contribution in [0.15, 0.2) is 60.8 Å². The van der Waals surface area contributed by atoms with Crippen molar-refractivity contribution in [2.75, 3.05) is 24.5 Å². The number of aromatic nitrogens is 6. The Labute approximate surface area is 252 Å². The third kappa shape index (κ3) is 6.15. The second-order valence-electron chi connectivity index (χ2n) is 10.6. The number of carboxylic acid groups (broad SMARTS) is 1. The van der Waals surface area contributed by atoms with Crippen LogP contribution >= 0.6 is 11.6 Å². The highest BCUT2D eigenvalue weighted by atomic mass is 35.5. The molecule has 3 aromatic heterocycles. The Morgan fingerprint density at radius 3 is 2.72 bits per heavy atom. The van der Waals surface area contributed by atoms with Crippen molar-refractivity contribution in [3.63, 3.8) is 0 Å². The molecule has 1 aliphatic heterocycles. The number of ether oxygens (including phenoxy) is 1. The van der Waals surface area contributed by atoms with Gasteiger partial charge in [-0.05, 0) is 43.3 Å². The average Bonchev–Trinajstić information content (AvgIpc) is 3.55. The van der Waals surface area contributed by atoms with Crippen LogP contribution in [0.3, 0.4) is 0 Å². The highest BCUT2D eigenvalue weighted by molar-refractivity contribution is 6.30. The van der Waals surface area contributed by atoms with Crippen LogP contribution in [0.4, 0.5) is 10.2 Å². The Morgan fingerprint density at radius 2 is 1.98 bits per heavy atom. The zero-order valence-corrected chi connectivity index (χ0v) is 24.4. The number of nitrogens with zero attached hydrogens (tertiary/aromatic N) is 8. The van der Waals surface area contributed by atoms with Gasteiger partial charge in [-0.2, -0.15) is 4.98 Å². The number of imidazole rings is 1. The van der Waals surface area contributed by atoms with Crippen molar-refractivity contribution in [3.05, 3.63) is 94.3 Å². The molecule has 1 aliphatic rings. The molecule has 1 saturated heterocycles. The molecule has 0 saturated carbocycles. The molecule has 0 amide bonds. The number of piperazine rings is 1. The zero-order chi connectivity index (χ0) is 30.1. The topological polar surface area (TPSA) is 114 Å². The normalized spacial score (nSPS) is 15.7. The van der Waals surface area contributed by atoms with Crippen molar-refractivity contribution >= 4 is 34.4 Å². The standard InChI is InChI=1S/C30H30ClFN8O3/c1-19-15-39(27-4-3-5-29(35-27)43-18-21-6-8-22(31)13-24(21)32)11-10-38(19)17-28-34-25-9-7-20(30(41)42)12-26(25)40(28)16-23-14-33-36-37(23)2/h3-9,12-14,19H,10-11,15-18H2,1-2H3,(H,41,42)/t19-/m0/s1. The van der Waals surface area contributed by atoms with Gasteiger partial charge in [-0.15, -0.1) is 5.10 Å². The third-order valence-corrected chi connectivity index (χ3v) is 7.97. The van der Waals surface area contributed by atoms with Crippen LogP contribution in [0.1, 0.15) is 34.4 Å². The van der Waals surface area contributed by atoms with Crippen molar-refractivity contribution in [3.8, 4) is 5.88 Å². The van der Waals surface area contributed by atoms with Crippen molar-refractivity contribution in [1.29, 1.82) is 0 Å². The van der Waals surface area contributed by atoms with Crippen LogP contribution in [0.25, 0.3) is 11.0 Å². The summed E-state index contributed by atoms with van der Waals surface area (Å²) in [6.07, 6.45) is 1.70. The number of halogens is 2. The second kappa shape index (κ2) is 12.0. The van der Waals surface area contributed by atoms with E-state index in [2.05, 4.69) is 32.0 Å². The number of hydrogen-bond acceptors (Lipinski definition) is 8. The fraction of sp³-hybridized carbons (Fsp3) is 0.300. The summed E-state index contributed by atoms with van der Waals surface area (Å²) in [6, 6.07) is 15.3. The lowest BCUT2D eigenvalue weighted by atomic mass is 10.2. The number of carboxylic acids is 1. The minimum absolute atomic E-state index is 0.0491. The summed E-state index contributed by atoms with van der Waals surface area (Å²) in [5.41, 5.74) is 2.99. The summed E-state index contributed by atoms with van der Waals surface area (Å²) >= 11 is 5.85. The van der Waals surface area contributed by atoms with Crippen LogP contribution < -0.4 is 9.64 Å². The molecular formula is C30H30ClFN8O3. The lowest BCUT2D eigenvalue weighted by molar-refractivity contribution is 0.0697. The fourth-order valence-corrected chi connectivity index (χ4v) is 5.45. The molecule has 0 bridgehead atoms. The molecule has 5 aromatic rings. The van der Waals surface area contributed by atoms with Crippen LogP contribution in [-0.2, 0) is 26.7 Å². The van der Waals surface area contributed by atoms with E-state index in [0.717, 1.165) is 48.0 Å². The first kappa shape index (κ1) is 28.6. The smallest absolute Gasteiger partial charge is 0.335 e. The van der Waals surface area contributed by atoms with E-state index < -0.39 is 11.8 Å². The van der Waals surface area contributed by atoms with E-state index >= 15 is 0 Å². The van der Waals surface area contributed by atoms with Gasteiger partial charge >= 0.3 is 5.97 Å². The van der Waals surface area contributed by atoms with Gasteiger partial charge in [-0.1, -0.05) is 28.9 Å². The van der Waals surface area contributed by atoms with Gasteiger partial charge in [0.2, 0.25) is 5.88 Å². The molecule has 0 radical (unpaired) electrons. The monoisotopic (exact) mass is 604 g/mol. The molecule has 1 N–H and O–H groups in total. The van der Waals surface area contributed by atoms with Gasteiger partial charge in [-0.3, -0.25) is 9.58 Å². The second-order valence-corrected chi connectivity index (χ2v) is 11.0. The highest BCUT2D eigenvalue weighted by Gasteiger charge is 2.27. The average molecular weight is 605 g/mol. The van der Waals surface area contributed by atoms with E-state index in [1.807, 2.05) is 23.7 Å². The Hall–Kier alpha value is -4.55. The van der Waals surface area contributed by atoms with Gasteiger partial charge < -0.3 is 19.3 Å². The summed E-state index contributed by atoms with van der Waals surface area (Å²) in [4.78, 5) is 25.8. The van der Waals surface area contributed by atoms with Crippen LogP contribution in [0.2, 0.25) is 5.02 Å².